The summed E-state index contributed by atoms with van der Waals surface area (Å²) < 4.78 is 2.12. The van der Waals surface area contributed by atoms with Gasteiger partial charge in [-0.25, -0.2) is 4.79 Å². The van der Waals surface area contributed by atoms with E-state index in [2.05, 4.69) is 4.57 Å². The van der Waals surface area contributed by atoms with Gasteiger partial charge in [0.1, 0.15) is 0 Å². The highest BCUT2D eigenvalue weighted by atomic mass is 16.4. The van der Waals surface area contributed by atoms with Crippen LogP contribution < -0.4 is 0 Å². The third kappa shape index (κ3) is 1.86. The Bertz CT molecular complexity index is 626. The molecule has 3 nitrogen and oxygen atoms in total. The Morgan fingerprint density at radius 1 is 1.16 bits per heavy atom. The maximum Gasteiger partial charge on any atom is 0.337 e. The highest BCUT2D eigenvalue weighted by molar-refractivity contribution is 5.92. The highest BCUT2D eigenvalue weighted by Gasteiger charge is 2.26. The van der Waals surface area contributed by atoms with Crippen molar-refractivity contribution in [1.29, 1.82) is 0 Å². The molecular formula is C16H17NO2. The number of rotatable bonds is 2. The minimum absolute atomic E-state index is 0.513. The van der Waals surface area contributed by atoms with Crippen molar-refractivity contribution in [2.24, 2.45) is 0 Å². The SMILES string of the molecule is Cc1c(C(=O)O)c2c(n1-c1ccccc1)CCCC2. The molecule has 0 spiro atoms. The van der Waals surface area contributed by atoms with Crippen LogP contribution in [0.1, 0.15) is 40.2 Å². The lowest BCUT2D eigenvalue weighted by atomic mass is 9.94. The van der Waals surface area contributed by atoms with E-state index in [1.165, 1.54) is 5.69 Å². The topological polar surface area (TPSA) is 42.2 Å². The van der Waals surface area contributed by atoms with Gasteiger partial charge in [-0.1, -0.05) is 18.2 Å². The monoisotopic (exact) mass is 255 g/mol. The van der Waals surface area contributed by atoms with Crippen molar-refractivity contribution in [3.8, 4) is 5.69 Å². The van der Waals surface area contributed by atoms with Gasteiger partial charge in [0.25, 0.3) is 0 Å². The smallest absolute Gasteiger partial charge is 0.337 e. The number of hydrogen-bond donors (Lipinski definition) is 1. The van der Waals surface area contributed by atoms with Gasteiger partial charge in [0.15, 0.2) is 0 Å². The van der Waals surface area contributed by atoms with Crippen molar-refractivity contribution in [3.63, 3.8) is 0 Å². The molecule has 0 fully saturated rings. The van der Waals surface area contributed by atoms with Crippen LogP contribution in [0.25, 0.3) is 5.69 Å². The van der Waals surface area contributed by atoms with Gasteiger partial charge < -0.3 is 9.67 Å². The molecule has 0 aliphatic heterocycles. The fourth-order valence-electron chi connectivity index (χ4n) is 3.15. The summed E-state index contributed by atoms with van der Waals surface area (Å²) in [6, 6.07) is 10.0. The third-order valence-corrected chi connectivity index (χ3v) is 3.94. The van der Waals surface area contributed by atoms with Crippen molar-refractivity contribution in [1.82, 2.24) is 4.57 Å². The number of carboxylic acids is 1. The molecule has 98 valence electrons. The molecule has 0 amide bonds. The van der Waals surface area contributed by atoms with E-state index in [0.29, 0.717) is 5.56 Å². The predicted molar refractivity (Wildman–Crippen MR) is 74.1 cm³/mol. The average molecular weight is 255 g/mol. The zero-order chi connectivity index (χ0) is 13.4. The van der Waals surface area contributed by atoms with Crippen LogP contribution in [-0.2, 0) is 12.8 Å². The zero-order valence-corrected chi connectivity index (χ0v) is 11.0. The van der Waals surface area contributed by atoms with Gasteiger partial charge in [0.2, 0.25) is 0 Å². The number of carbonyl (C=O) groups is 1. The minimum atomic E-state index is -0.801. The number of aromatic nitrogens is 1. The van der Waals surface area contributed by atoms with E-state index in [4.69, 9.17) is 0 Å². The Morgan fingerprint density at radius 2 is 1.84 bits per heavy atom. The molecule has 1 heterocycles. The summed E-state index contributed by atoms with van der Waals surface area (Å²) >= 11 is 0. The van der Waals surface area contributed by atoms with Gasteiger partial charge in [-0.15, -0.1) is 0 Å². The Hall–Kier alpha value is -2.03. The summed E-state index contributed by atoms with van der Waals surface area (Å²) in [5, 5.41) is 9.47. The Balaban J connectivity index is 2.28. The normalized spacial score (nSPS) is 14.2. The van der Waals surface area contributed by atoms with E-state index in [0.717, 1.165) is 42.6 Å². The second kappa shape index (κ2) is 4.57. The van der Waals surface area contributed by atoms with Crippen molar-refractivity contribution in [2.45, 2.75) is 32.6 Å². The van der Waals surface area contributed by atoms with Gasteiger partial charge in [0.05, 0.1) is 5.56 Å². The van der Waals surface area contributed by atoms with Crippen molar-refractivity contribution >= 4 is 5.97 Å². The predicted octanol–water partition coefficient (Wildman–Crippen LogP) is 3.36. The number of para-hydroxylation sites is 1. The summed E-state index contributed by atoms with van der Waals surface area (Å²) in [5.41, 5.74) is 4.65. The van der Waals surface area contributed by atoms with E-state index in [-0.39, 0.29) is 0 Å². The molecule has 0 saturated carbocycles. The van der Waals surface area contributed by atoms with E-state index >= 15 is 0 Å². The standard InChI is InChI=1S/C16H17NO2/c1-11-15(16(18)19)13-9-5-6-10-14(13)17(11)12-7-3-2-4-8-12/h2-4,7-8H,5-6,9-10H2,1H3,(H,18,19). The average Bonchev–Trinajstić information content (AvgIpc) is 2.71. The first-order valence-electron chi connectivity index (χ1n) is 6.72. The lowest BCUT2D eigenvalue weighted by Gasteiger charge is -2.16. The van der Waals surface area contributed by atoms with E-state index in [1.54, 1.807) is 0 Å². The molecule has 3 rings (SSSR count). The molecule has 3 heteroatoms. The fourth-order valence-corrected chi connectivity index (χ4v) is 3.15. The van der Waals surface area contributed by atoms with E-state index in [9.17, 15) is 9.90 Å². The molecule has 1 N–H and O–H groups in total. The molecule has 1 aliphatic carbocycles. The van der Waals surface area contributed by atoms with Crippen LogP contribution in [0.4, 0.5) is 0 Å². The largest absolute Gasteiger partial charge is 0.478 e. The molecule has 0 radical (unpaired) electrons. The lowest BCUT2D eigenvalue weighted by Crippen LogP contribution is -2.08. The molecule has 1 aliphatic rings. The number of benzene rings is 1. The van der Waals surface area contributed by atoms with Crippen LogP contribution in [0.5, 0.6) is 0 Å². The van der Waals surface area contributed by atoms with Crippen LogP contribution in [0.2, 0.25) is 0 Å². The van der Waals surface area contributed by atoms with Gasteiger partial charge in [-0.2, -0.15) is 0 Å². The van der Waals surface area contributed by atoms with Crippen LogP contribution in [0.15, 0.2) is 30.3 Å². The van der Waals surface area contributed by atoms with Gasteiger partial charge in [0, 0.05) is 17.1 Å². The lowest BCUT2D eigenvalue weighted by molar-refractivity contribution is 0.0695. The highest BCUT2D eigenvalue weighted by Crippen LogP contribution is 2.32. The second-order valence-corrected chi connectivity index (χ2v) is 5.07. The Labute approximate surface area is 112 Å². The molecular weight excluding hydrogens is 238 g/mol. The molecule has 0 atom stereocenters. The fraction of sp³-hybridized carbons (Fsp3) is 0.312. The first-order chi connectivity index (χ1) is 9.20. The summed E-state index contributed by atoms with van der Waals surface area (Å²) in [4.78, 5) is 11.5. The number of aromatic carboxylic acids is 1. The molecule has 1 aromatic heterocycles. The van der Waals surface area contributed by atoms with Crippen LogP contribution in [0.3, 0.4) is 0 Å². The number of carboxylic acid groups (broad SMARTS) is 1. The summed E-state index contributed by atoms with van der Waals surface area (Å²) in [7, 11) is 0. The first-order valence-corrected chi connectivity index (χ1v) is 6.72. The van der Waals surface area contributed by atoms with E-state index < -0.39 is 5.97 Å². The van der Waals surface area contributed by atoms with Gasteiger partial charge in [-0.05, 0) is 50.3 Å². The Kier molecular flexibility index (Phi) is 2.90. The molecule has 0 bridgehead atoms. The number of hydrogen-bond acceptors (Lipinski definition) is 1. The molecule has 1 aromatic carbocycles. The van der Waals surface area contributed by atoms with Crippen molar-refractivity contribution < 1.29 is 9.90 Å². The van der Waals surface area contributed by atoms with Crippen molar-refractivity contribution in [2.75, 3.05) is 0 Å². The summed E-state index contributed by atoms with van der Waals surface area (Å²) in [6.45, 7) is 1.91. The Morgan fingerprint density at radius 3 is 2.53 bits per heavy atom. The van der Waals surface area contributed by atoms with Crippen LogP contribution >= 0.6 is 0 Å². The van der Waals surface area contributed by atoms with Gasteiger partial charge in [-0.3, -0.25) is 0 Å². The maximum absolute atomic E-state index is 11.5. The quantitative estimate of drug-likeness (QED) is 0.894. The minimum Gasteiger partial charge on any atom is -0.478 e. The van der Waals surface area contributed by atoms with E-state index in [1.807, 2.05) is 37.3 Å². The zero-order valence-electron chi connectivity index (χ0n) is 11.0. The van der Waals surface area contributed by atoms with Crippen LogP contribution in [0, 0.1) is 6.92 Å². The summed E-state index contributed by atoms with van der Waals surface area (Å²) in [5.74, 6) is -0.801. The molecule has 0 unspecified atom stereocenters. The summed E-state index contributed by atoms with van der Waals surface area (Å²) in [6.07, 6.45) is 4.09. The number of fused-ring (bicyclic) bond motifs is 1. The maximum atomic E-state index is 11.5. The number of nitrogens with zero attached hydrogens (tertiary/aromatic N) is 1. The van der Waals surface area contributed by atoms with Gasteiger partial charge >= 0.3 is 5.97 Å². The molecule has 2 aromatic rings. The molecule has 19 heavy (non-hydrogen) atoms. The van der Waals surface area contributed by atoms with Crippen molar-refractivity contribution in [3.05, 3.63) is 52.8 Å². The first kappa shape index (κ1) is 12.0. The third-order valence-electron chi connectivity index (χ3n) is 3.94. The van der Waals surface area contributed by atoms with Crippen LogP contribution in [-0.4, -0.2) is 15.6 Å². The molecule has 0 saturated heterocycles. The second-order valence-electron chi connectivity index (χ2n) is 5.07.